The Kier molecular flexibility index (Phi) is 4.35. The smallest absolute Gasteiger partial charge is 0.410 e. The van der Waals surface area contributed by atoms with E-state index in [-0.39, 0.29) is 12.6 Å². The number of hydrogen-bond donors (Lipinski definition) is 0. The van der Waals surface area contributed by atoms with Crippen molar-refractivity contribution in [1.29, 1.82) is 0 Å². The van der Waals surface area contributed by atoms with E-state index in [1.807, 2.05) is 6.07 Å². The van der Waals surface area contributed by atoms with Crippen LogP contribution in [0, 0.1) is 0 Å². The third-order valence-corrected chi connectivity index (χ3v) is 5.84. The molecular formula is C15H23N3O5S. The molecule has 3 rings (SSSR count). The molecule has 2 fully saturated rings. The average molecular weight is 357 g/mol. The standard InChI is InChI=1S/C15H23N3O5S/c1-16-10-15(23-14(16)19)6-7-18(11-15)9-13-5-4-12(22-13)8-17(2)24(3,20)21/h4-5H,6-11H2,1-3H3/t15-/m1/s1. The maximum Gasteiger partial charge on any atom is 0.410 e. The second-order valence-corrected chi connectivity index (χ2v) is 8.84. The molecule has 1 atom stereocenters. The molecule has 134 valence electrons. The molecule has 0 aromatic carbocycles. The Morgan fingerprint density at radius 3 is 2.62 bits per heavy atom. The quantitative estimate of drug-likeness (QED) is 0.771. The van der Waals surface area contributed by atoms with Gasteiger partial charge in [-0.05, 0) is 12.1 Å². The number of likely N-dealkylation sites (tertiary alicyclic amines) is 1. The highest BCUT2D eigenvalue weighted by Crippen LogP contribution is 2.32. The van der Waals surface area contributed by atoms with Crippen molar-refractivity contribution in [2.24, 2.45) is 0 Å². The molecule has 0 unspecified atom stereocenters. The SMILES string of the molecule is CN1C[C@@]2(CCN(Cc3ccc(CN(C)S(C)(=O)=O)o3)C2)OC1=O. The van der Waals surface area contributed by atoms with Crippen LogP contribution in [0.15, 0.2) is 16.5 Å². The van der Waals surface area contributed by atoms with E-state index in [0.717, 1.165) is 18.7 Å². The van der Waals surface area contributed by atoms with Crippen molar-refractivity contribution in [2.75, 3.05) is 40.0 Å². The number of likely N-dealkylation sites (N-methyl/N-ethyl adjacent to an activating group) is 1. The number of hydrogen-bond acceptors (Lipinski definition) is 6. The molecule has 1 aromatic rings. The van der Waals surface area contributed by atoms with Crippen LogP contribution in [0.4, 0.5) is 4.79 Å². The number of furan rings is 1. The van der Waals surface area contributed by atoms with Crippen molar-refractivity contribution < 1.29 is 22.4 Å². The van der Waals surface area contributed by atoms with Crippen molar-refractivity contribution in [1.82, 2.24) is 14.1 Å². The lowest BCUT2D eigenvalue weighted by Crippen LogP contribution is -2.36. The fourth-order valence-electron chi connectivity index (χ4n) is 3.22. The first-order valence-corrected chi connectivity index (χ1v) is 9.67. The molecule has 1 spiro atoms. The maximum absolute atomic E-state index is 11.6. The van der Waals surface area contributed by atoms with Crippen LogP contribution in [0.1, 0.15) is 17.9 Å². The molecule has 2 aliphatic heterocycles. The summed E-state index contributed by atoms with van der Waals surface area (Å²) in [6, 6.07) is 3.66. The van der Waals surface area contributed by atoms with Crippen LogP contribution in [0.2, 0.25) is 0 Å². The maximum atomic E-state index is 11.6. The molecule has 0 bridgehead atoms. The molecule has 1 amide bonds. The van der Waals surface area contributed by atoms with Gasteiger partial charge in [-0.3, -0.25) is 4.90 Å². The van der Waals surface area contributed by atoms with Gasteiger partial charge < -0.3 is 14.1 Å². The minimum atomic E-state index is -3.23. The van der Waals surface area contributed by atoms with Gasteiger partial charge in [-0.25, -0.2) is 13.2 Å². The lowest BCUT2D eigenvalue weighted by molar-refractivity contribution is 0.0621. The third kappa shape index (κ3) is 3.57. The predicted octanol–water partition coefficient (Wildman–Crippen LogP) is 0.698. The summed E-state index contributed by atoms with van der Waals surface area (Å²) in [5, 5.41) is 0. The number of carbonyl (C=O) groups is 1. The largest absolute Gasteiger partial charge is 0.463 e. The number of nitrogens with zero attached hydrogens (tertiary/aromatic N) is 3. The molecule has 2 saturated heterocycles. The van der Waals surface area contributed by atoms with Crippen molar-refractivity contribution in [3.05, 3.63) is 23.7 Å². The van der Waals surface area contributed by atoms with Crippen LogP contribution in [0.25, 0.3) is 0 Å². The Morgan fingerprint density at radius 1 is 1.29 bits per heavy atom. The summed E-state index contributed by atoms with van der Waals surface area (Å²) in [5.41, 5.74) is -0.405. The van der Waals surface area contributed by atoms with E-state index < -0.39 is 15.6 Å². The van der Waals surface area contributed by atoms with Gasteiger partial charge in [0, 0.05) is 33.6 Å². The molecule has 1 aromatic heterocycles. The normalized spacial score (nSPS) is 25.2. The number of carbonyl (C=O) groups excluding carboxylic acids is 1. The molecule has 0 saturated carbocycles. The second kappa shape index (κ2) is 6.05. The fourth-order valence-corrected chi connectivity index (χ4v) is 3.58. The summed E-state index contributed by atoms with van der Waals surface area (Å²) in [7, 11) is 0.0374. The Morgan fingerprint density at radius 2 is 2.00 bits per heavy atom. The first-order valence-electron chi connectivity index (χ1n) is 7.82. The summed E-state index contributed by atoms with van der Waals surface area (Å²) < 4.78 is 35.4. The fraction of sp³-hybridized carbons (Fsp3) is 0.667. The van der Waals surface area contributed by atoms with Gasteiger partial charge in [0.25, 0.3) is 0 Å². The molecule has 0 N–H and O–H groups in total. The Labute approximate surface area is 142 Å². The Bertz CT molecular complexity index is 731. The van der Waals surface area contributed by atoms with E-state index in [2.05, 4.69) is 4.90 Å². The molecule has 0 aliphatic carbocycles. The van der Waals surface area contributed by atoms with E-state index in [0.29, 0.717) is 25.4 Å². The lowest BCUT2D eigenvalue weighted by atomic mass is 10.0. The van der Waals surface area contributed by atoms with E-state index in [4.69, 9.17) is 9.15 Å². The zero-order valence-electron chi connectivity index (χ0n) is 14.2. The van der Waals surface area contributed by atoms with E-state index >= 15 is 0 Å². The minimum absolute atomic E-state index is 0.213. The minimum Gasteiger partial charge on any atom is -0.463 e. The zero-order valence-corrected chi connectivity index (χ0v) is 15.0. The molecule has 3 heterocycles. The van der Waals surface area contributed by atoms with Crippen LogP contribution < -0.4 is 0 Å². The van der Waals surface area contributed by atoms with Crippen LogP contribution in [0.3, 0.4) is 0 Å². The number of ether oxygens (including phenoxy) is 1. The van der Waals surface area contributed by atoms with Gasteiger partial charge in [0.05, 0.1) is 25.9 Å². The molecule has 9 heteroatoms. The lowest BCUT2D eigenvalue weighted by Gasteiger charge is -2.21. The van der Waals surface area contributed by atoms with Crippen LogP contribution in [0.5, 0.6) is 0 Å². The third-order valence-electron chi connectivity index (χ3n) is 4.58. The summed E-state index contributed by atoms with van der Waals surface area (Å²) in [6.45, 7) is 2.96. The van der Waals surface area contributed by atoms with Crippen molar-refractivity contribution in [3.8, 4) is 0 Å². The van der Waals surface area contributed by atoms with E-state index in [1.165, 1.54) is 17.6 Å². The molecule has 0 radical (unpaired) electrons. The first-order chi connectivity index (χ1) is 11.2. The van der Waals surface area contributed by atoms with Crippen molar-refractivity contribution >= 4 is 16.1 Å². The molecule has 8 nitrogen and oxygen atoms in total. The van der Waals surface area contributed by atoms with Crippen molar-refractivity contribution in [2.45, 2.75) is 25.1 Å². The molecule has 2 aliphatic rings. The van der Waals surface area contributed by atoms with Gasteiger partial charge in [0.2, 0.25) is 10.0 Å². The molecule has 24 heavy (non-hydrogen) atoms. The Balaban J connectivity index is 1.57. The zero-order chi connectivity index (χ0) is 17.5. The summed E-state index contributed by atoms with van der Waals surface area (Å²) in [5.74, 6) is 1.39. The van der Waals surface area contributed by atoms with Crippen LogP contribution in [-0.2, 0) is 27.8 Å². The van der Waals surface area contributed by atoms with Gasteiger partial charge in [-0.2, -0.15) is 4.31 Å². The number of rotatable bonds is 5. The van der Waals surface area contributed by atoms with Crippen molar-refractivity contribution in [3.63, 3.8) is 0 Å². The first kappa shape index (κ1) is 17.2. The summed E-state index contributed by atoms with van der Waals surface area (Å²) >= 11 is 0. The van der Waals surface area contributed by atoms with Gasteiger partial charge in [0.1, 0.15) is 17.1 Å². The highest BCUT2D eigenvalue weighted by atomic mass is 32.2. The van der Waals surface area contributed by atoms with E-state index in [9.17, 15) is 13.2 Å². The average Bonchev–Trinajstić information content (AvgIpc) is 3.12. The van der Waals surface area contributed by atoms with Gasteiger partial charge in [0.15, 0.2) is 0 Å². The number of amides is 1. The van der Waals surface area contributed by atoms with Gasteiger partial charge in [-0.15, -0.1) is 0 Å². The number of sulfonamides is 1. The highest BCUT2D eigenvalue weighted by Gasteiger charge is 2.48. The highest BCUT2D eigenvalue weighted by molar-refractivity contribution is 7.88. The Hall–Kier alpha value is -1.58. The summed E-state index contributed by atoms with van der Waals surface area (Å²) in [6.07, 6.45) is 1.72. The second-order valence-electron chi connectivity index (χ2n) is 6.75. The predicted molar refractivity (Wildman–Crippen MR) is 86.8 cm³/mol. The topological polar surface area (TPSA) is 83.3 Å². The van der Waals surface area contributed by atoms with Gasteiger partial charge in [-0.1, -0.05) is 0 Å². The van der Waals surface area contributed by atoms with Gasteiger partial charge >= 0.3 is 6.09 Å². The monoisotopic (exact) mass is 357 g/mol. The molecular weight excluding hydrogens is 334 g/mol. The van der Waals surface area contributed by atoms with Crippen LogP contribution in [-0.4, -0.2) is 74.2 Å². The summed E-state index contributed by atoms with van der Waals surface area (Å²) in [4.78, 5) is 15.4. The van der Waals surface area contributed by atoms with Crippen LogP contribution >= 0.6 is 0 Å². The van der Waals surface area contributed by atoms with E-state index in [1.54, 1.807) is 18.0 Å².